The van der Waals surface area contributed by atoms with Crippen LogP contribution in [0.25, 0.3) is 0 Å². The van der Waals surface area contributed by atoms with Gasteiger partial charge in [-0.1, -0.05) is 19.1 Å². The Kier molecular flexibility index (Phi) is 6.78. The van der Waals surface area contributed by atoms with Gasteiger partial charge in [0.1, 0.15) is 5.75 Å². The molecule has 144 valence electrons. The predicted molar refractivity (Wildman–Crippen MR) is 108 cm³/mol. The number of aliphatic imine (C=N–C) groups is 1. The molecule has 0 radical (unpaired) electrons. The first-order valence-corrected chi connectivity index (χ1v) is 10.1. The van der Waals surface area contributed by atoms with Crippen LogP contribution in [0, 0.1) is 12.8 Å². The van der Waals surface area contributed by atoms with E-state index >= 15 is 0 Å². The van der Waals surface area contributed by atoms with Gasteiger partial charge in [-0.3, -0.25) is 4.99 Å². The molecule has 1 unspecified atom stereocenters. The van der Waals surface area contributed by atoms with E-state index in [-0.39, 0.29) is 0 Å². The van der Waals surface area contributed by atoms with Crippen LogP contribution in [0.4, 0.5) is 0 Å². The number of benzene rings is 1. The van der Waals surface area contributed by atoms with Crippen molar-refractivity contribution in [2.45, 2.75) is 52.1 Å². The van der Waals surface area contributed by atoms with Gasteiger partial charge in [0.2, 0.25) is 0 Å². The molecule has 5 heteroatoms. The average molecular weight is 359 g/mol. The fraction of sp³-hybridized carbons (Fsp3) is 0.667. The molecule has 1 aromatic rings. The van der Waals surface area contributed by atoms with E-state index in [1.807, 2.05) is 7.05 Å². The third kappa shape index (κ3) is 5.37. The maximum Gasteiger partial charge on any atom is 0.191 e. The zero-order valence-corrected chi connectivity index (χ0v) is 16.6. The summed E-state index contributed by atoms with van der Waals surface area (Å²) in [4.78, 5) is 7.04. The van der Waals surface area contributed by atoms with Crippen LogP contribution in [0.2, 0.25) is 0 Å². The third-order valence-electron chi connectivity index (χ3n) is 5.29. The van der Waals surface area contributed by atoms with Gasteiger partial charge in [-0.25, -0.2) is 0 Å². The van der Waals surface area contributed by atoms with Crippen LogP contribution in [0.3, 0.4) is 0 Å². The van der Waals surface area contributed by atoms with Crippen LogP contribution in [-0.2, 0) is 6.54 Å². The fourth-order valence-electron chi connectivity index (χ4n) is 3.60. The number of likely N-dealkylation sites (tertiary alicyclic amines) is 1. The van der Waals surface area contributed by atoms with Gasteiger partial charge in [0.25, 0.3) is 0 Å². The van der Waals surface area contributed by atoms with Crippen molar-refractivity contribution < 1.29 is 4.74 Å². The summed E-state index contributed by atoms with van der Waals surface area (Å²) >= 11 is 0. The minimum Gasteiger partial charge on any atom is -0.493 e. The zero-order chi connectivity index (χ0) is 18.4. The summed E-state index contributed by atoms with van der Waals surface area (Å²) in [5.41, 5.74) is 2.40. The molecule has 1 saturated carbocycles. The van der Waals surface area contributed by atoms with Crippen molar-refractivity contribution in [1.82, 2.24) is 15.5 Å². The van der Waals surface area contributed by atoms with Gasteiger partial charge in [-0.2, -0.15) is 0 Å². The van der Waals surface area contributed by atoms with E-state index in [0.717, 1.165) is 49.8 Å². The molecular formula is C21H34N4O. The summed E-state index contributed by atoms with van der Waals surface area (Å²) in [6.45, 7) is 9.21. The lowest BCUT2D eigenvalue weighted by Gasteiger charge is -2.18. The number of guanidine groups is 1. The Hall–Kier alpha value is -1.75. The smallest absolute Gasteiger partial charge is 0.191 e. The Balaban J connectivity index is 1.46. The van der Waals surface area contributed by atoms with Crippen molar-refractivity contribution in [3.05, 3.63) is 29.3 Å². The lowest BCUT2D eigenvalue weighted by Crippen LogP contribution is -2.40. The van der Waals surface area contributed by atoms with Gasteiger partial charge in [-0.15, -0.1) is 0 Å². The molecule has 0 aromatic heterocycles. The number of aryl methyl sites for hydroxylation is 1. The molecule has 0 bridgehead atoms. The third-order valence-corrected chi connectivity index (χ3v) is 5.29. The molecule has 2 aliphatic rings. The van der Waals surface area contributed by atoms with E-state index in [0.29, 0.717) is 0 Å². The van der Waals surface area contributed by atoms with Crippen LogP contribution in [0.15, 0.2) is 23.2 Å². The van der Waals surface area contributed by atoms with E-state index in [2.05, 4.69) is 52.6 Å². The summed E-state index contributed by atoms with van der Waals surface area (Å²) in [5, 5.41) is 6.94. The molecule has 1 aromatic carbocycles. The van der Waals surface area contributed by atoms with Crippen LogP contribution >= 0.6 is 0 Å². The Bertz CT molecular complexity index is 612. The fourth-order valence-corrected chi connectivity index (χ4v) is 3.60. The first-order chi connectivity index (χ1) is 12.7. The van der Waals surface area contributed by atoms with Crippen molar-refractivity contribution in [3.8, 4) is 5.75 Å². The lowest BCUT2D eigenvalue weighted by atomic mass is 10.1. The summed E-state index contributed by atoms with van der Waals surface area (Å²) < 4.78 is 5.91. The number of hydrogen-bond acceptors (Lipinski definition) is 3. The largest absolute Gasteiger partial charge is 0.493 e. The molecule has 1 atom stereocenters. The topological polar surface area (TPSA) is 48.9 Å². The summed E-state index contributed by atoms with van der Waals surface area (Å²) in [6, 6.07) is 7.29. The lowest BCUT2D eigenvalue weighted by molar-refractivity contribution is 0.313. The van der Waals surface area contributed by atoms with Gasteiger partial charge in [0, 0.05) is 38.3 Å². The number of nitrogens with one attached hydrogen (secondary N) is 2. The summed E-state index contributed by atoms with van der Waals surface area (Å²) in [6.07, 6.45) is 5.13. The molecule has 1 heterocycles. The van der Waals surface area contributed by atoms with Crippen molar-refractivity contribution in [1.29, 1.82) is 0 Å². The van der Waals surface area contributed by atoms with E-state index in [4.69, 9.17) is 4.74 Å². The minimum absolute atomic E-state index is 0.720. The zero-order valence-electron chi connectivity index (χ0n) is 16.6. The highest BCUT2D eigenvalue weighted by molar-refractivity contribution is 5.79. The summed E-state index contributed by atoms with van der Waals surface area (Å²) in [5.74, 6) is 2.58. The molecule has 2 N–H and O–H groups in total. The molecule has 2 fully saturated rings. The van der Waals surface area contributed by atoms with Crippen LogP contribution in [0.1, 0.15) is 43.7 Å². The average Bonchev–Trinajstić information content (AvgIpc) is 3.40. The van der Waals surface area contributed by atoms with E-state index in [1.165, 1.54) is 43.5 Å². The van der Waals surface area contributed by atoms with E-state index in [1.54, 1.807) is 0 Å². The van der Waals surface area contributed by atoms with Gasteiger partial charge >= 0.3 is 0 Å². The Morgan fingerprint density at radius 2 is 2.12 bits per heavy atom. The molecule has 5 nitrogen and oxygen atoms in total. The number of hydrogen-bond donors (Lipinski definition) is 2. The minimum atomic E-state index is 0.720. The molecule has 26 heavy (non-hydrogen) atoms. The van der Waals surface area contributed by atoms with E-state index in [9.17, 15) is 0 Å². The van der Waals surface area contributed by atoms with Crippen LogP contribution in [-0.4, -0.2) is 50.2 Å². The highest BCUT2D eigenvalue weighted by Crippen LogP contribution is 2.31. The molecule has 1 aliphatic heterocycles. The second-order valence-corrected chi connectivity index (χ2v) is 7.65. The molecule has 0 amide bonds. The molecule has 1 saturated heterocycles. The first-order valence-electron chi connectivity index (χ1n) is 10.1. The molecular weight excluding hydrogens is 324 g/mol. The van der Waals surface area contributed by atoms with Gasteiger partial charge in [0.05, 0.1) is 6.61 Å². The highest BCUT2D eigenvalue weighted by atomic mass is 16.5. The highest BCUT2D eigenvalue weighted by Gasteiger charge is 2.34. The van der Waals surface area contributed by atoms with Gasteiger partial charge in [0.15, 0.2) is 5.96 Å². The van der Waals surface area contributed by atoms with Crippen LogP contribution < -0.4 is 15.4 Å². The van der Waals surface area contributed by atoms with Crippen LogP contribution in [0.5, 0.6) is 5.75 Å². The predicted octanol–water partition coefficient (Wildman–Crippen LogP) is 2.93. The Labute approximate surface area is 158 Å². The normalized spacial score (nSPS) is 21.0. The SMILES string of the molecule is CCCOc1cc(C)ccc1CNC(=NC)NCC1CCN(C2CC2)C1. The quantitative estimate of drug-likeness (QED) is 0.554. The van der Waals surface area contributed by atoms with E-state index < -0.39 is 0 Å². The Morgan fingerprint density at radius 1 is 1.27 bits per heavy atom. The monoisotopic (exact) mass is 358 g/mol. The Morgan fingerprint density at radius 3 is 2.85 bits per heavy atom. The summed E-state index contributed by atoms with van der Waals surface area (Å²) in [7, 11) is 1.84. The van der Waals surface area contributed by atoms with Crippen molar-refractivity contribution in [3.63, 3.8) is 0 Å². The second-order valence-electron chi connectivity index (χ2n) is 7.65. The van der Waals surface area contributed by atoms with Crippen molar-refractivity contribution >= 4 is 5.96 Å². The van der Waals surface area contributed by atoms with Gasteiger partial charge < -0.3 is 20.3 Å². The number of ether oxygens (including phenoxy) is 1. The first kappa shape index (κ1) is 19.0. The van der Waals surface area contributed by atoms with Crippen molar-refractivity contribution in [2.24, 2.45) is 10.9 Å². The van der Waals surface area contributed by atoms with Gasteiger partial charge in [-0.05, 0) is 56.7 Å². The number of rotatable bonds is 8. The standard InChI is InChI=1S/C21H34N4O/c1-4-11-26-20-12-16(2)5-6-18(20)14-24-21(22-3)23-13-17-9-10-25(15-17)19-7-8-19/h5-6,12,17,19H,4,7-11,13-15H2,1-3H3,(H2,22,23,24). The maximum atomic E-state index is 5.91. The molecule has 3 rings (SSSR count). The van der Waals surface area contributed by atoms with Crippen molar-refractivity contribution in [2.75, 3.05) is 33.3 Å². The molecule has 0 spiro atoms. The second kappa shape index (κ2) is 9.26. The maximum absolute atomic E-state index is 5.91. The molecule has 1 aliphatic carbocycles. The number of nitrogens with zero attached hydrogens (tertiary/aromatic N) is 2.